The smallest absolute Gasteiger partial charge is 0.147 e. The van der Waals surface area contributed by atoms with E-state index in [0.29, 0.717) is 6.42 Å². The van der Waals surface area contributed by atoms with Gasteiger partial charge in [-0.3, -0.25) is 4.79 Å². The summed E-state index contributed by atoms with van der Waals surface area (Å²) in [6.07, 6.45) is 0.570. The summed E-state index contributed by atoms with van der Waals surface area (Å²) in [5, 5.41) is -0.427. The predicted molar refractivity (Wildman–Crippen MR) is 57.0 cm³/mol. The van der Waals surface area contributed by atoms with Gasteiger partial charge in [-0.25, -0.2) is 0 Å². The fourth-order valence-electron chi connectivity index (χ4n) is 1.11. The zero-order valence-corrected chi connectivity index (χ0v) is 9.04. The Balaban J connectivity index is 2.64. The summed E-state index contributed by atoms with van der Waals surface area (Å²) >= 11 is 5.84. The number of rotatable bonds is 4. The molecular weight excluding hydrogens is 200 g/mol. The number of carbonyl (C=O) groups excluding carboxylic acids is 1. The van der Waals surface area contributed by atoms with E-state index in [2.05, 4.69) is 0 Å². The molecule has 0 fully saturated rings. The number of hydrogen-bond acceptors (Lipinski definition) is 2. The monoisotopic (exact) mass is 212 g/mol. The van der Waals surface area contributed by atoms with E-state index in [1.807, 2.05) is 24.3 Å². The summed E-state index contributed by atoms with van der Waals surface area (Å²) in [7, 11) is 1.62. The number of carbonyl (C=O) groups is 1. The van der Waals surface area contributed by atoms with Crippen molar-refractivity contribution in [1.29, 1.82) is 0 Å². The minimum Gasteiger partial charge on any atom is -0.497 e. The number of benzene rings is 1. The molecule has 0 aliphatic heterocycles. The zero-order chi connectivity index (χ0) is 10.6. The molecule has 0 spiro atoms. The van der Waals surface area contributed by atoms with Gasteiger partial charge in [0.05, 0.1) is 12.5 Å². The van der Waals surface area contributed by atoms with Crippen LogP contribution in [0.2, 0.25) is 0 Å². The average Bonchev–Trinajstić information content (AvgIpc) is 2.19. The van der Waals surface area contributed by atoms with E-state index in [4.69, 9.17) is 16.3 Å². The molecule has 0 bridgehead atoms. The highest BCUT2D eigenvalue weighted by Gasteiger charge is 2.10. The van der Waals surface area contributed by atoms with Gasteiger partial charge in [-0.1, -0.05) is 12.1 Å². The first-order valence-corrected chi connectivity index (χ1v) is 4.84. The van der Waals surface area contributed by atoms with Crippen LogP contribution in [0.3, 0.4) is 0 Å². The molecule has 2 nitrogen and oxygen atoms in total. The van der Waals surface area contributed by atoms with Gasteiger partial charge in [-0.05, 0) is 31.0 Å². The van der Waals surface area contributed by atoms with Gasteiger partial charge in [-0.2, -0.15) is 0 Å². The quantitative estimate of drug-likeness (QED) is 0.717. The Bertz CT molecular complexity index is 306. The van der Waals surface area contributed by atoms with Crippen molar-refractivity contribution in [3.8, 4) is 5.75 Å². The zero-order valence-electron chi connectivity index (χ0n) is 8.29. The van der Waals surface area contributed by atoms with E-state index in [9.17, 15) is 4.79 Å². The van der Waals surface area contributed by atoms with Crippen molar-refractivity contribution in [1.82, 2.24) is 0 Å². The van der Waals surface area contributed by atoms with Gasteiger partial charge < -0.3 is 4.74 Å². The average molecular weight is 213 g/mol. The molecule has 0 aliphatic rings. The Labute approximate surface area is 88.8 Å². The molecule has 0 heterocycles. The third-order valence-corrected chi connectivity index (χ3v) is 2.48. The molecule has 14 heavy (non-hydrogen) atoms. The van der Waals surface area contributed by atoms with Gasteiger partial charge in [0.1, 0.15) is 11.5 Å². The summed E-state index contributed by atoms with van der Waals surface area (Å²) in [6, 6.07) is 7.55. The number of ether oxygens (including phenoxy) is 1. The standard InChI is InChI=1S/C11H13ClO2/c1-8(13)11(12)7-9-3-5-10(14-2)6-4-9/h3-6,11H,7H2,1-2H3. The van der Waals surface area contributed by atoms with Crippen LogP contribution in [-0.2, 0) is 11.2 Å². The van der Waals surface area contributed by atoms with Crippen LogP contribution in [0.1, 0.15) is 12.5 Å². The molecule has 3 heteroatoms. The van der Waals surface area contributed by atoms with Crippen molar-refractivity contribution in [2.24, 2.45) is 0 Å². The van der Waals surface area contributed by atoms with Crippen molar-refractivity contribution in [3.63, 3.8) is 0 Å². The SMILES string of the molecule is COc1ccc(CC(Cl)C(C)=O)cc1. The van der Waals surface area contributed by atoms with Gasteiger partial charge in [0, 0.05) is 0 Å². The largest absolute Gasteiger partial charge is 0.497 e. The molecular formula is C11H13ClO2. The van der Waals surface area contributed by atoms with Crippen LogP contribution in [0.4, 0.5) is 0 Å². The molecule has 0 radical (unpaired) electrons. The van der Waals surface area contributed by atoms with Crippen molar-refractivity contribution in [2.45, 2.75) is 18.7 Å². The number of halogens is 1. The van der Waals surface area contributed by atoms with Crippen LogP contribution in [0.5, 0.6) is 5.75 Å². The fourth-order valence-corrected chi connectivity index (χ4v) is 1.29. The van der Waals surface area contributed by atoms with Crippen molar-refractivity contribution in [3.05, 3.63) is 29.8 Å². The molecule has 0 saturated carbocycles. The summed E-state index contributed by atoms with van der Waals surface area (Å²) in [6.45, 7) is 1.50. The molecule has 0 amide bonds. The Morgan fingerprint density at radius 3 is 2.43 bits per heavy atom. The minimum absolute atomic E-state index is 0.00230. The molecule has 0 aliphatic carbocycles. The maximum Gasteiger partial charge on any atom is 0.147 e. The van der Waals surface area contributed by atoms with Crippen LogP contribution < -0.4 is 4.74 Å². The van der Waals surface area contributed by atoms with Crippen LogP contribution >= 0.6 is 11.6 Å². The van der Waals surface area contributed by atoms with E-state index in [1.54, 1.807) is 7.11 Å². The first-order chi connectivity index (χ1) is 6.63. The Morgan fingerprint density at radius 2 is 2.00 bits per heavy atom. The van der Waals surface area contributed by atoms with Crippen LogP contribution in [0.15, 0.2) is 24.3 Å². The second-order valence-electron chi connectivity index (χ2n) is 3.13. The number of ketones is 1. The number of alkyl halides is 1. The lowest BCUT2D eigenvalue weighted by Gasteiger charge is -2.06. The highest BCUT2D eigenvalue weighted by Crippen LogP contribution is 2.14. The van der Waals surface area contributed by atoms with Gasteiger partial charge in [-0.15, -0.1) is 11.6 Å². The van der Waals surface area contributed by atoms with E-state index >= 15 is 0 Å². The van der Waals surface area contributed by atoms with E-state index in [-0.39, 0.29) is 5.78 Å². The molecule has 1 rings (SSSR count). The van der Waals surface area contributed by atoms with Crippen molar-refractivity contribution in [2.75, 3.05) is 7.11 Å². The molecule has 1 unspecified atom stereocenters. The second-order valence-corrected chi connectivity index (χ2v) is 3.66. The summed E-state index contributed by atoms with van der Waals surface area (Å²) < 4.78 is 5.02. The molecule has 0 N–H and O–H groups in total. The minimum atomic E-state index is -0.427. The molecule has 0 saturated heterocycles. The molecule has 1 atom stereocenters. The van der Waals surface area contributed by atoms with E-state index in [0.717, 1.165) is 11.3 Å². The number of methoxy groups -OCH3 is 1. The number of hydrogen-bond donors (Lipinski definition) is 0. The van der Waals surface area contributed by atoms with Crippen LogP contribution in [0.25, 0.3) is 0 Å². The highest BCUT2D eigenvalue weighted by molar-refractivity contribution is 6.30. The van der Waals surface area contributed by atoms with E-state index in [1.165, 1.54) is 6.92 Å². The summed E-state index contributed by atoms with van der Waals surface area (Å²) in [4.78, 5) is 10.9. The van der Waals surface area contributed by atoms with Gasteiger partial charge in [0.15, 0.2) is 0 Å². The van der Waals surface area contributed by atoms with Gasteiger partial charge in [0.25, 0.3) is 0 Å². The normalized spacial score (nSPS) is 12.2. The molecule has 76 valence electrons. The second kappa shape index (κ2) is 5.01. The molecule has 1 aromatic rings. The topological polar surface area (TPSA) is 26.3 Å². The maximum atomic E-state index is 10.9. The van der Waals surface area contributed by atoms with Crippen molar-refractivity contribution < 1.29 is 9.53 Å². The molecule has 0 aromatic heterocycles. The lowest BCUT2D eigenvalue weighted by atomic mass is 10.1. The first kappa shape index (κ1) is 11.1. The lowest BCUT2D eigenvalue weighted by molar-refractivity contribution is -0.116. The van der Waals surface area contributed by atoms with Crippen LogP contribution in [-0.4, -0.2) is 18.3 Å². The lowest BCUT2D eigenvalue weighted by Crippen LogP contribution is -2.13. The van der Waals surface area contributed by atoms with Crippen LogP contribution in [0, 0.1) is 0 Å². The predicted octanol–water partition coefficient (Wildman–Crippen LogP) is 2.43. The third kappa shape index (κ3) is 3.04. The van der Waals surface area contributed by atoms with Gasteiger partial charge in [0.2, 0.25) is 0 Å². The number of Topliss-reactive ketones (excluding diaryl/α,β-unsaturated/α-hetero) is 1. The fraction of sp³-hybridized carbons (Fsp3) is 0.364. The van der Waals surface area contributed by atoms with Crippen molar-refractivity contribution >= 4 is 17.4 Å². The molecule has 1 aromatic carbocycles. The first-order valence-electron chi connectivity index (χ1n) is 4.41. The summed E-state index contributed by atoms with van der Waals surface area (Å²) in [5.74, 6) is 0.810. The van der Waals surface area contributed by atoms with E-state index < -0.39 is 5.38 Å². The third-order valence-electron chi connectivity index (χ3n) is 2.02. The Morgan fingerprint density at radius 1 is 1.43 bits per heavy atom. The maximum absolute atomic E-state index is 10.9. The Hall–Kier alpha value is -1.02. The van der Waals surface area contributed by atoms with Gasteiger partial charge >= 0.3 is 0 Å². The Kier molecular flexibility index (Phi) is 3.96. The summed E-state index contributed by atoms with van der Waals surface area (Å²) in [5.41, 5.74) is 1.04. The highest BCUT2D eigenvalue weighted by atomic mass is 35.5.